The minimum atomic E-state index is -1.93. The van der Waals surface area contributed by atoms with Crippen LogP contribution in [0.5, 0.6) is 0 Å². The number of aliphatic hydroxyl groups excluding tert-OH is 1. The molecule has 16 atom stereocenters. The van der Waals surface area contributed by atoms with Crippen LogP contribution in [0.15, 0.2) is 0 Å². The number of aliphatic carboxylic acids is 1. The Labute approximate surface area is 718 Å². The topological polar surface area (TPSA) is 603 Å². The van der Waals surface area contributed by atoms with Gasteiger partial charge in [-0.25, -0.2) is 4.79 Å². The third-order valence-electron chi connectivity index (χ3n) is 21.7. The highest BCUT2D eigenvalue weighted by molar-refractivity contribution is 6.01. The van der Waals surface area contributed by atoms with Crippen LogP contribution in [0.25, 0.3) is 0 Å². The summed E-state index contributed by atoms with van der Waals surface area (Å²) in [4.78, 5) is 279. The second-order valence-electron chi connectivity index (χ2n) is 35.4. The number of rotatable bonds is 51. The molecule has 0 aliphatic carbocycles. The third-order valence-corrected chi connectivity index (χ3v) is 21.7. The molecule has 0 bridgehead atoms. The van der Waals surface area contributed by atoms with Gasteiger partial charge < -0.3 is 85.7 Å². The first kappa shape index (κ1) is 110. The van der Waals surface area contributed by atoms with Gasteiger partial charge in [-0.15, -0.1) is 0 Å². The van der Waals surface area contributed by atoms with Gasteiger partial charge in [0.1, 0.15) is 36.8 Å². The van der Waals surface area contributed by atoms with Gasteiger partial charge in [-0.2, -0.15) is 0 Å². The van der Waals surface area contributed by atoms with Crippen LogP contribution in [-0.2, 0) is 101 Å². The van der Waals surface area contributed by atoms with E-state index in [0.717, 1.165) is 25.7 Å². The molecule has 0 radical (unpaired) electrons. The Morgan fingerprint density at radius 1 is 0.475 bits per heavy atom. The second-order valence-corrected chi connectivity index (χ2v) is 35.4. The number of nitrogens with two attached hydrogens (primary N) is 4. The number of esters is 1. The van der Waals surface area contributed by atoms with Crippen LogP contribution in [-0.4, -0.2) is 195 Å². The molecule has 0 spiro atoms. The van der Waals surface area contributed by atoms with E-state index in [2.05, 4.69) is 54.8 Å². The normalized spacial score (nSPS) is 21.0. The molecular formula is C86H145N13O23. The van der Waals surface area contributed by atoms with Gasteiger partial charge in [-0.1, -0.05) is 142 Å². The Kier molecular flexibility index (Phi) is 51.5. The fraction of sp³-hybridized carbons (Fsp3) is 0.767. The molecule has 36 nitrogen and oxygen atoms in total. The van der Waals surface area contributed by atoms with Crippen LogP contribution in [0.4, 0.5) is 0 Å². The number of Topliss-reactive ketones (excluding diaryl/α,β-unsaturated/α-hetero) is 5. The summed E-state index contributed by atoms with van der Waals surface area (Å²) in [6.45, 7) is 25.8. The number of nitrogens with one attached hydrogen (secondary N) is 9. The number of amides is 13. The molecule has 36 heteroatoms. The number of ketones is 5. The standard InChI is InChI=1S/C86H145N13O23/c1-17-19-20-21-22-23-56(100)41-75(110)92-61(34-45(3)4)66(101)40-55(26-33-76(111)112)79(114)93-59(27-31-73(89)108)69(104)42-58(50(13)14)83(118)95-62(35-46(5)6)67(102)38-53(24-29-71(87)106)80(115)98-65-44-122-86(121)77(51(15)18-2)99-81(116)54(25-30-72(88)107)39-68(103)63(36-47(7)8)96-85(120)64(37-48(9)10)97-84(119)60(28-32-74(90)109)94-78(113)52(16)91-82(117)57(49(11)12)43-70(65)105/h45-65,77,100H,17-44H2,1-16H3,(H2,87,106)(H2,88,107)(H2,89,108)(H2,90,109)(H,91,117)(H,92,110)(H,93,114)(H,94,113)(H,95,118)(H,96,120)(H,97,119)(H,98,115)(H,99,116)(H,111,112)/t51-,52+,53+,54-,55-,56+,57+,58+,59+,60+,61-,62+,63-,64-,65+,77-/m0/s1. The van der Waals surface area contributed by atoms with Crippen molar-refractivity contribution in [1.29, 1.82) is 0 Å². The van der Waals surface area contributed by atoms with Crippen LogP contribution in [0.2, 0.25) is 0 Å². The molecule has 1 saturated heterocycles. The number of unbranched alkanes of at least 4 members (excludes halogenated alkanes) is 4. The van der Waals surface area contributed by atoms with Crippen LogP contribution in [0.3, 0.4) is 0 Å². The summed E-state index contributed by atoms with van der Waals surface area (Å²) in [5, 5.41) is 43.9. The number of hydrogen-bond acceptors (Lipinski definition) is 22. The summed E-state index contributed by atoms with van der Waals surface area (Å²) in [7, 11) is 0. The molecule has 19 N–H and O–H groups in total. The molecule has 0 unspecified atom stereocenters. The zero-order valence-electron chi connectivity index (χ0n) is 74.8. The van der Waals surface area contributed by atoms with E-state index >= 15 is 9.59 Å². The van der Waals surface area contributed by atoms with Crippen LogP contribution in [0.1, 0.15) is 284 Å². The summed E-state index contributed by atoms with van der Waals surface area (Å²) in [5.74, 6) is -28.6. The molecule has 1 rings (SSSR count). The van der Waals surface area contributed by atoms with Gasteiger partial charge in [-0.05, 0) is 113 Å². The molecule has 1 fully saturated rings. The number of primary amides is 4. The number of hydrogen-bond donors (Lipinski definition) is 15. The molecule has 692 valence electrons. The Morgan fingerprint density at radius 3 is 1.49 bits per heavy atom. The van der Waals surface area contributed by atoms with Crippen molar-refractivity contribution in [1.82, 2.24) is 47.9 Å². The molecule has 1 heterocycles. The average molecular weight is 1730 g/mol. The predicted octanol–water partition coefficient (Wildman–Crippen LogP) is 3.38. The van der Waals surface area contributed by atoms with Gasteiger partial charge >= 0.3 is 11.9 Å². The van der Waals surface area contributed by atoms with Gasteiger partial charge in [0.05, 0.1) is 36.7 Å². The monoisotopic (exact) mass is 1730 g/mol. The SMILES string of the molecule is CCCCCCC[C@@H](O)CC(=O)N[C@@H](CC(C)C)C(=O)C[C@H](CCC(=O)O)C(=O)N[C@H](CCC(N)=O)C(=O)C[C@@H](C(=O)N[C@H](CC(C)C)C(=O)C[C@@H](CCC(N)=O)C(=O)N[C@@H]1COC(=O)[C@H]([C@@H](C)CC)NC(=O)[C@@H](CCC(N)=O)CC(=O)[C@H](CC(C)C)NC(=O)[C@H](CC(C)C)NC(=O)[C@@H](CCC(N)=O)NC(=O)[C@@H](C)NC(=O)[C@@H](C(C)C)CC1=O)C(C)C. The minimum absolute atomic E-state index is 0.00457. The first-order valence-corrected chi connectivity index (χ1v) is 43.5. The van der Waals surface area contributed by atoms with E-state index in [1.54, 1.807) is 96.9 Å². The maximum Gasteiger partial charge on any atom is 0.329 e. The fourth-order valence-corrected chi connectivity index (χ4v) is 14.2. The summed E-state index contributed by atoms with van der Waals surface area (Å²) in [6.07, 6.45) is -4.16. The van der Waals surface area contributed by atoms with E-state index in [1.165, 1.54) is 6.92 Å². The number of cyclic esters (lactones) is 1. The van der Waals surface area contributed by atoms with Crippen molar-refractivity contribution in [2.24, 2.45) is 93.9 Å². The smallest absolute Gasteiger partial charge is 0.329 e. The predicted molar refractivity (Wildman–Crippen MR) is 451 cm³/mol. The van der Waals surface area contributed by atoms with E-state index in [4.69, 9.17) is 27.7 Å². The maximum atomic E-state index is 15.1. The number of carbonyl (C=O) groups is 20. The minimum Gasteiger partial charge on any atom is -0.481 e. The lowest BCUT2D eigenvalue weighted by molar-refractivity contribution is -0.152. The highest BCUT2D eigenvalue weighted by atomic mass is 16.5. The van der Waals surface area contributed by atoms with E-state index in [9.17, 15) is 96.5 Å². The number of aliphatic hydroxyl groups is 1. The van der Waals surface area contributed by atoms with Crippen molar-refractivity contribution < 1.29 is 111 Å². The average Bonchev–Trinajstić information content (AvgIpc) is 1.08. The molecule has 0 aromatic carbocycles. The van der Waals surface area contributed by atoms with Crippen molar-refractivity contribution >= 4 is 118 Å². The van der Waals surface area contributed by atoms with Crippen LogP contribution < -0.4 is 70.8 Å². The van der Waals surface area contributed by atoms with Crippen molar-refractivity contribution in [3.05, 3.63) is 0 Å². The van der Waals surface area contributed by atoms with Crippen molar-refractivity contribution in [2.75, 3.05) is 6.61 Å². The molecule has 0 saturated carbocycles. The van der Waals surface area contributed by atoms with E-state index in [0.29, 0.717) is 12.8 Å². The summed E-state index contributed by atoms with van der Waals surface area (Å²) in [5.41, 5.74) is 22.2. The second kappa shape index (κ2) is 56.9. The number of carboxylic acid groups (broad SMARTS) is 1. The largest absolute Gasteiger partial charge is 0.481 e. The number of carbonyl (C=O) groups excluding carboxylic acids is 19. The molecule has 13 amide bonds. The maximum absolute atomic E-state index is 15.1. The first-order chi connectivity index (χ1) is 56.9. The zero-order valence-corrected chi connectivity index (χ0v) is 74.8. The van der Waals surface area contributed by atoms with Crippen LogP contribution in [0, 0.1) is 71.0 Å². The molecule has 122 heavy (non-hydrogen) atoms. The fourth-order valence-electron chi connectivity index (χ4n) is 14.2. The molecule has 0 aromatic rings. The van der Waals surface area contributed by atoms with Gasteiger partial charge in [0.25, 0.3) is 0 Å². The summed E-state index contributed by atoms with van der Waals surface area (Å²) >= 11 is 0. The van der Waals surface area contributed by atoms with E-state index < -0.39 is 322 Å². The third kappa shape index (κ3) is 43.9. The first-order valence-electron chi connectivity index (χ1n) is 43.5. The molecule has 0 aromatic heterocycles. The van der Waals surface area contributed by atoms with E-state index in [-0.39, 0.29) is 68.6 Å². The van der Waals surface area contributed by atoms with Crippen molar-refractivity contribution in [2.45, 2.75) is 345 Å². The van der Waals surface area contributed by atoms with Gasteiger partial charge in [0.15, 0.2) is 28.9 Å². The highest BCUT2D eigenvalue weighted by Crippen LogP contribution is 2.27. The Balaban J connectivity index is 4.14. The lowest BCUT2D eigenvalue weighted by Gasteiger charge is -2.29. The lowest BCUT2D eigenvalue weighted by atomic mass is 9.85. The Bertz CT molecular complexity index is 3550. The van der Waals surface area contributed by atoms with Crippen LogP contribution >= 0.6 is 0 Å². The molecule has 1 aliphatic rings. The van der Waals surface area contributed by atoms with Gasteiger partial charge in [0, 0.05) is 93.8 Å². The molecular weight excluding hydrogens is 1580 g/mol. The van der Waals surface area contributed by atoms with Crippen molar-refractivity contribution in [3.8, 4) is 0 Å². The zero-order chi connectivity index (χ0) is 93.1. The van der Waals surface area contributed by atoms with Crippen molar-refractivity contribution in [3.63, 3.8) is 0 Å². The summed E-state index contributed by atoms with van der Waals surface area (Å²) < 4.78 is 5.84. The Hall–Kier alpha value is -9.64. The number of carboxylic acids is 1. The quantitative estimate of drug-likeness (QED) is 0.0306. The number of ether oxygens (including phenoxy) is 1. The van der Waals surface area contributed by atoms with Gasteiger partial charge in [0.2, 0.25) is 76.8 Å². The lowest BCUT2D eigenvalue weighted by Crippen LogP contribution is -2.58. The van der Waals surface area contributed by atoms with E-state index in [1.807, 2.05) is 0 Å². The summed E-state index contributed by atoms with van der Waals surface area (Å²) in [6, 6.07) is -13.4. The Morgan fingerprint density at radius 2 is 0.967 bits per heavy atom. The highest BCUT2D eigenvalue weighted by Gasteiger charge is 2.42. The molecule has 1 aliphatic heterocycles. The van der Waals surface area contributed by atoms with Gasteiger partial charge in [-0.3, -0.25) is 91.1 Å².